The molecule has 7 heteroatoms. The Labute approximate surface area is 145 Å². The van der Waals surface area contributed by atoms with Gasteiger partial charge < -0.3 is 21.3 Å². The maximum atomic E-state index is 11.0. The molecule has 1 atom stereocenters. The topological polar surface area (TPSA) is 95.6 Å². The number of halogens is 1. The van der Waals surface area contributed by atoms with E-state index in [9.17, 15) is 9.90 Å². The molecular formula is C15H29BrN2O3S. The predicted molar refractivity (Wildman–Crippen MR) is 95.7 cm³/mol. The second-order valence-corrected chi connectivity index (χ2v) is 8.04. The van der Waals surface area contributed by atoms with E-state index in [1.54, 1.807) is 11.8 Å². The maximum Gasteiger partial charge on any atom is 0.303 e. The van der Waals surface area contributed by atoms with Gasteiger partial charge in [0.05, 0.1) is 12.5 Å². The summed E-state index contributed by atoms with van der Waals surface area (Å²) in [4.78, 5) is 11.0. The Morgan fingerprint density at radius 3 is 2.68 bits per heavy atom. The van der Waals surface area contributed by atoms with E-state index < -0.39 is 5.97 Å². The molecule has 1 aliphatic carbocycles. The van der Waals surface area contributed by atoms with Crippen LogP contribution in [0.1, 0.15) is 38.5 Å². The molecule has 1 fully saturated rings. The van der Waals surface area contributed by atoms with E-state index in [1.807, 2.05) is 0 Å². The van der Waals surface area contributed by atoms with Gasteiger partial charge in [-0.15, -0.1) is 0 Å². The molecule has 0 amide bonds. The highest BCUT2D eigenvalue weighted by atomic mass is 79.9. The lowest BCUT2D eigenvalue weighted by atomic mass is 9.70. The molecule has 0 radical (unpaired) electrons. The van der Waals surface area contributed by atoms with Crippen molar-refractivity contribution in [1.82, 2.24) is 5.32 Å². The van der Waals surface area contributed by atoms with E-state index in [0.29, 0.717) is 17.9 Å². The van der Waals surface area contributed by atoms with Crippen molar-refractivity contribution < 1.29 is 15.0 Å². The number of nitrogens with two attached hydrogens (primary N) is 1. The summed E-state index contributed by atoms with van der Waals surface area (Å²) in [5.74, 6) is 1.10. The van der Waals surface area contributed by atoms with E-state index in [1.165, 1.54) is 0 Å². The van der Waals surface area contributed by atoms with Crippen LogP contribution in [0, 0.1) is 5.41 Å². The second-order valence-electron chi connectivity index (χ2n) is 6.24. The van der Waals surface area contributed by atoms with Crippen LogP contribution >= 0.6 is 27.7 Å². The molecule has 0 aromatic rings. The Morgan fingerprint density at radius 2 is 2.14 bits per heavy atom. The number of aliphatic hydroxyl groups is 1. The minimum atomic E-state index is -0.737. The number of alkyl halides is 1. The van der Waals surface area contributed by atoms with Gasteiger partial charge in [0, 0.05) is 17.1 Å². The lowest BCUT2D eigenvalue weighted by Gasteiger charge is -2.38. The fourth-order valence-electron chi connectivity index (χ4n) is 2.95. The van der Waals surface area contributed by atoms with Gasteiger partial charge in [-0.2, -0.15) is 11.8 Å². The van der Waals surface area contributed by atoms with Crippen LogP contribution in [-0.4, -0.2) is 58.3 Å². The van der Waals surface area contributed by atoms with E-state index >= 15 is 0 Å². The Kier molecular flexibility index (Phi) is 9.99. The van der Waals surface area contributed by atoms with Gasteiger partial charge in [0.2, 0.25) is 0 Å². The first kappa shape index (κ1) is 20.2. The zero-order valence-corrected chi connectivity index (χ0v) is 15.5. The fraction of sp³-hybridized carbons (Fsp3) is 0.933. The van der Waals surface area contributed by atoms with Gasteiger partial charge in [-0.25, -0.2) is 0 Å². The molecule has 0 aromatic carbocycles. The van der Waals surface area contributed by atoms with Crippen molar-refractivity contribution >= 4 is 33.7 Å². The highest BCUT2D eigenvalue weighted by Crippen LogP contribution is 2.38. The van der Waals surface area contributed by atoms with Crippen LogP contribution < -0.4 is 11.1 Å². The number of carbonyl (C=O) groups is 1. The minimum Gasteiger partial charge on any atom is -0.481 e. The summed E-state index contributed by atoms with van der Waals surface area (Å²) in [6, 6.07) is 0.492. The third-order valence-corrected chi connectivity index (χ3v) is 6.34. The van der Waals surface area contributed by atoms with Gasteiger partial charge in [0.15, 0.2) is 0 Å². The summed E-state index contributed by atoms with van der Waals surface area (Å²) in [5.41, 5.74) is 5.62. The smallest absolute Gasteiger partial charge is 0.303 e. The van der Waals surface area contributed by atoms with Crippen molar-refractivity contribution in [1.29, 1.82) is 0 Å². The molecule has 0 spiro atoms. The first-order valence-electron chi connectivity index (χ1n) is 7.98. The molecule has 1 aliphatic rings. The van der Waals surface area contributed by atoms with Crippen LogP contribution in [-0.2, 0) is 4.79 Å². The van der Waals surface area contributed by atoms with Crippen LogP contribution in [0.3, 0.4) is 0 Å². The average molecular weight is 397 g/mol. The second kappa shape index (κ2) is 10.9. The molecule has 0 aromatic heterocycles. The minimum absolute atomic E-state index is 0.189. The van der Waals surface area contributed by atoms with Crippen molar-refractivity contribution in [2.75, 3.05) is 29.9 Å². The summed E-state index contributed by atoms with van der Waals surface area (Å²) in [7, 11) is 0. The number of hydrogen-bond acceptors (Lipinski definition) is 5. The number of hydrogen-bond donors (Lipinski definition) is 4. The van der Waals surface area contributed by atoms with E-state index in [-0.39, 0.29) is 17.9 Å². The average Bonchev–Trinajstić information content (AvgIpc) is 2.51. The van der Waals surface area contributed by atoms with Gasteiger partial charge in [0.25, 0.3) is 0 Å². The highest BCUT2D eigenvalue weighted by molar-refractivity contribution is 9.09. The SMILES string of the molecule is NCC1(CC(=O)O)CCC(NCCCSCC(O)CBr)CC1. The number of nitrogens with one attached hydrogen (secondary N) is 1. The van der Waals surface area contributed by atoms with E-state index in [2.05, 4.69) is 21.2 Å². The number of thioether (sulfide) groups is 1. The van der Waals surface area contributed by atoms with Crippen LogP contribution in [0.2, 0.25) is 0 Å². The normalized spacial score (nSPS) is 26.8. The largest absolute Gasteiger partial charge is 0.481 e. The Hall–Kier alpha value is 0.180. The fourth-order valence-corrected chi connectivity index (χ4v) is 4.39. The van der Waals surface area contributed by atoms with Crippen molar-refractivity contribution in [3.8, 4) is 0 Å². The maximum absolute atomic E-state index is 11.0. The Balaban J connectivity index is 2.11. The van der Waals surface area contributed by atoms with Crippen molar-refractivity contribution in [2.24, 2.45) is 11.1 Å². The molecular weight excluding hydrogens is 368 g/mol. The van der Waals surface area contributed by atoms with Crippen molar-refractivity contribution in [3.63, 3.8) is 0 Å². The number of carboxylic acid groups (broad SMARTS) is 1. The third-order valence-electron chi connectivity index (χ3n) is 4.39. The molecule has 5 N–H and O–H groups in total. The summed E-state index contributed by atoms with van der Waals surface area (Å²) >= 11 is 5.04. The molecule has 130 valence electrons. The zero-order chi connectivity index (χ0) is 16.4. The predicted octanol–water partition coefficient (Wildman–Crippen LogP) is 1.82. The summed E-state index contributed by atoms with van der Waals surface area (Å²) in [5, 5.41) is 22.6. The summed E-state index contributed by atoms with van der Waals surface area (Å²) < 4.78 is 0. The van der Waals surface area contributed by atoms with Crippen LogP contribution in [0.5, 0.6) is 0 Å². The first-order valence-corrected chi connectivity index (χ1v) is 10.3. The Morgan fingerprint density at radius 1 is 1.45 bits per heavy atom. The lowest BCUT2D eigenvalue weighted by molar-refractivity contribution is -0.140. The number of aliphatic carboxylic acids is 1. The molecule has 1 unspecified atom stereocenters. The van der Waals surface area contributed by atoms with Crippen LogP contribution in [0.4, 0.5) is 0 Å². The Bertz CT molecular complexity index is 326. The molecule has 0 aliphatic heterocycles. The van der Waals surface area contributed by atoms with E-state index in [0.717, 1.165) is 50.2 Å². The van der Waals surface area contributed by atoms with Gasteiger partial charge in [-0.3, -0.25) is 4.79 Å². The van der Waals surface area contributed by atoms with Gasteiger partial charge in [-0.1, -0.05) is 15.9 Å². The van der Waals surface area contributed by atoms with Crippen molar-refractivity contribution in [2.45, 2.75) is 50.7 Å². The van der Waals surface area contributed by atoms with Gasteiger partial charge in [-0.05, 0) is 56.4 Å². The summed E-state index contributed by atoms with van der Waals surface area (Å²) in [6.07, 6.45) is 4.87. The lowest BCUT2D eigenvalue weighted by Crippen LogP contribution is -2.42. The van der Waals surface area contributed by atoms with E-state index in [4.69, 9.17) is 10.8 Å². The molecule has 1 saturated carbocycles. The van der Waals surface area contributed by atoms with Crippen LogP contribution in [0.25, 0.3) is 0 Å². The molecule has 0 saturated heterocycles. The molecule has 0 heterocycles. The quantitative estimate of drug-likeness (QED) is 0.314. The first-order chi connectivity index (χ1) is 10.5. The zero-order valence-electron chi connectivity index (χ0n) is 13.1. The number of aliphatic hydroxyl groups excluding tert-OH is 1. The molecule has 1 rings (SSSR count). The monoisotopic (exact) mass is 396 g/mol. The highest BCUT2D eigenvalue weighted by Gasteiger charge is 2.35. The molecule has 5 nitrogen and oxygen atoms in total. The standard InChI is InChI=1S/C15H29BrN2O3S/c16-9-13(19)10-22-7-1-6-18-12-2-4-15(11-17,5-3-12)8-14(20)21/h12-13,18-19H,1-11,17H2,(H,20,21). The summed E-state index contributed by atoms with van der Waals surface area (Å²) in [6.45, 7) is 1.45. The van der Waals surface area contributed by atoms with Crippen molar-refractivity contribution in [3.05, 3.63) is 0 Å². The van der Waals surface area contributed by atoms with Gasteiger partial charge >= 0.3 is 5.97 Å². The number of rotatable bonds is 11. The molecule has 22 heavy (non-hydrogen) atoms. The third kappa shape index (κ3) is 7.64. The molecule has 0 bridgehead atoms. The number of carboxylic acids is 1. The van der Waals surface area contributed by atoms with Crippen LogP contribution in [0.15, 0.2) is 0 Å². The van der Waals surface area contributed by atoms with Gasteiger partial charge in [0.1, 0.15) is 0 Å².